The average molecular weight is 469 g/mol. The Bertz CT molecular complexity index is 1260. The maximum absolute atomic E-state index is 14.3. The van der Waals surface area contributed by atoms with Gasteiger partial charge in [-0.1, -0.05) is 11.6 Å². The van der Waals surface area contributed by atoms with E-state index in [1.54, 1.807) is 38.2 Å². The van der Waals surface area contributed by atoms with E-state index in [4.69, 9.17) is 16.3 Å². The van der Waals surface area contributed by atoms with Crippen LogP contribution in [0.1, 0.15) is 48.9 Å². The molecule has 33 heavy (non-hydrogen) atoms. The molecule has 9 heteroatoms. The molecule has 5 rings (SSSR count). The number of pyridine rings is 2. The van der Waals surface area contributed by atoms with E-state index in [-0.39, 0.29) is 18.3 Å². The fraction of sp³-hybridized carbons (Fsp3) is 0.292. The molecular weight excluding hydrogens is 447 g/mol. The highest BCUT2D eigenvalue weighted by atomic mass is 35.5. The molecule has 2 aliphatic heterocycles. The number of amides is 2. The Labute approximate surface area is 195 Å². The van der Waals surface area contributed by atoms with Crippen molar-refractivity contribution < 1.29 is 19.0 Å². The van der Waals surface area contributed by atoms with Crippen LogP contribution in [0, 0.1) is 5.82 Å². The fourth-order valence-corrected chi connectivity index (χ4v) is 4.61. The predicted molar refractivity (Wildman–Crippen MR) is 122 cm³/mol. The van der Waals surface area contributed by atoms with Gasteiger partial charge in [0.25, 0.3) is 0 Å². The summed E-state index contributed by atoms with van der Waals surface area (Å²) < 4.78 is 20.4. The highest BCUT2D eigenvalue weighted by Gasteiger charge is 2.33. The molecule has 0 aliphatic carbocycles. The second kappa shape index (κ2) is 7.97. The Morgan fingerprint density at radius 2 is 2.09 bits per heavy atom. The van der Waals surface area contributed by atoms with Crippen molar-refractivity contribution in [3.63, 3.8) is 0 Å². The summed E-state index contributed by atoms with van der Waals surface area (Å²) in [4.78, 5) is 22.9. The van der Waals surface area contributed by atoms with Gasteiger partial charge in [-0.2, -0.15) is 0 Å². The summed E-state index contributed by atoms with van der Waals surface area (Å²) in [6, 6.07) is 7.72. The molecule has 0 saturated heterocycles. The smallest absolute Gasteiger partial charge is 0.326 e. The maximum Gasteiger partial charge on any atom is 0.326 e. The number of aromatic nitrogens is 2. The molecule has 2 amide bonds. The molecule has 0 bridgehead atoms. The Morgan fingerprint density at radius 3 is 2.85 bits per heavy atom. The van der Waals surface area contributed by atoms with Crippen molar-refractivity contribution in [1.82, 2.24) is 9.97 Å². The van der Waals surface area contributed by atoms with Crippen LogP contribution in [0.15, 0.2) is 42.7 Å². The van der Waals surface area contributed by atoms with E-state index < -0.39 is 17.5 Å². The summed E-state index contributed by atoms with van der Waals surface area (Å²) in [6.07, 6.45) is 3.76. The van der Waals surface area contributed by atoms with Gasteiger partial charge in [-0.05, 0) is 56.5 Å². The Balaban J connectivity index is 1.51. The Kier molecular flexibility index (Phi) is 5.22. The third-order valence-electron chi connectivity index (χ3n) is 5.90. The van der Waals surface area contributed by atoms with E-state index in [0.29, 0.717) is 46.2 Å². The van der Waals surface area contributed by atoms with Gasteiger partial charge >= 0.3 is 6.03 Å². The van der Waals surface area contributed by atoms with Crippen LogP contribution < -0.4 is 15.0 Å². The number of nitrogens with zero attached hydrogens (tertiary/aromatic N) is 3. The van der Waals surface area contributed by atoms with Crippen LogP contribution in [-0.4, -0.2) is 21.1 Å². The zero-order chi connectivity index (χ0) is 23.3. The van der Waals surface area contributed by atoms with Gasteiger partial charge in [0.15, 0.2) is 0 Å². The third kappa shape index (κ3) is 3.89. The number of anilines is 2. The van der Waals surface area contributed by atoms with Crippen LogP contribution in [-0.2, 0) is 18.6 Å². The highest BCUT2D eigenvalue weighted by molar-refractivity contribution is 6.34. The molecular formula is C24H22ClFN4O3. The number of aliphatic hydroxyl groups is 1. The van der Waals surface area contributed by atoms with Crippen LogP contribution in [0.3, 0.4) is 0 Å². The molecule has 0 spiro atoms. The SMILES string of the molecule is CC(C)(O)c1nccc2c1CN(c1cc3c(cc1Cl)CCC(c1ncccc1F)O3)C(=O)N2. The third-order valence-corrected chi connectivity index (χ3v) is 6.20. The van der Waals surface area contributed by atoms with Gasteiger partial charge in [0.05, 0.1) is 28.6 Å². The largest absolute Gasteiger partial charge is 0.484 e. The van der Waals surface area contributed by atoms with Gasteiger partial charge in [-0.3, -0.25) is 14.9 Å². The molecule has 1 aromatic carbocycles. The van der Waals surface area contributed by atoms with Crippen molar-refractivity contribution in [3.8, 4) is 5.75 Å². The number of halogens is 2. The number of hydrogen-bond acceptors (Lipinski definition) is 5. The number of rotatable bonds is 3. The summed E-state index contributed by atoms with van der Waals surface area (Å²) in [5.74, 6) is 0.113. The summed E-state index contributed by atoms with van der Waals surface area (Å²) in [5.41, 5.74) is 2.17. The first kappa shape index (κ1) is 21.6. The minimum atomic E-state index is -1.19. The van der Waals surface area contributed by atoms with Crippen molar-refractivity contribution in [2.75, 3.05) is 10.2 Å². The van der Waals surface area contributed by atoms with Gasteiger partial charge in [0.2, 0.25) is 0 Å². The van der Waals surface area contributed by atoms with Crippen molar-refractivity contribution in [3.05, 3.63) is 76.1 Å². The molecule has 0 fully saturated rings. The molecule has 2 aliphatic rings. The van der Waals surface area contributed by atoms with Gasteiger partial charge in [-0.25, -0.2) is 9.18 Å². The summed E-state index contributed by atoms with van der Waals surface area (Å²) >= 11 is 6.58. The number of urea groups is 1. The van der Waals surface area contributed by atoms with Crippen LogP contribution >= 0.6 is 11.6 Å². The van der Waals surface area contributed by atoms with Crippen LogP contribution in [0.4, 0.5) is 20.6 Å². The Hall–Kier alpha value is -3.23. The maximum atomic E-state index is 14.3. The second-order valence-electron chi connectivity index (χ2n) is 8.69. The molecule has 7 nitrogen and oxygen atoms in total. The number of nitrogens with one attached hydrogen (secondary N) is 1. The minimum Gasteiger partial charge on any atom is -0.484 e. The first-order valence-electron chi connectivity index (χ1n) is 10.6. The number of carbonyl (C=O) groups is 1. The zero-order valence-corrected chi connectivity index (χ0v) is 18.9. The monoisotopic (exact) mass is 468 g/mol. The highest BCUT2D eigenvalue weighted by Crippen LogP contribution is 2.42. The summed E-state index contributed by atoms with van der Waals surface area (Å²) in [5, 5.41) is 13.8. The number of ether oxygens (including phenoxy) is 1. The van der Waals surface area contributed by atoms with Crippen molar-refractivity contribution in [2.45, 2.75) is 44.9 Å². The lowest BCUT2D eigenvalue weighted by molar-refractivity contribution is 0.0728. The summed E-state index contributed by atoms with van der Waals surface area (Å²) in [7, 11) is 0. The topological polar surface area (TPSA) is 87.6 Å². The lowest BCUT2D eigenvalue weighted by Gasteiger charge is -2.34. The molecule has 0 saturated carbocycles. The molecule has 1 atom stereocenters. The van der Waals surface area contributed by atoms with E-state index in [0.717, 1.165) is 5.56 Å². The van der Waals surface area contributed by atoms with E-state index in [9.17, 15) is 14.3 Å². The average Bonchev–Trinajstić information content (AvgIpc) is 2.77. The van der Waals surface area contributed by atoms with Gasteiger partial charge in [0.1, 0.15) is 29.0 Å². The molecule has 1 unspecified atom stereocenters. The predicted octanol–water partition coefficient (Wildman–Crippen LogP) is 5.11. The standard InChI is InChI=1S/C24H22ClFN4O3/c1-24(2,32)22-14-12-30(23(31)29-17(14)7-9-28-22)18-11-20-13(10-15(18)25)5-6-19(33-20)21-16(26)4-3-8-27-21/h3-4,7-11,19,32H,5-6,12H2,1-2H3,(H,29,31). The van der Waals surface area contributed by atoms with E-state index in [1.165, 1.54) is 23.2 Å². The van der Waals surface area contributed by atoms with Crippen LogP contribution in [0.25, 0.3) is 0 Å². The van der Waals surface area contributed by atoms with E-state index >= 15 is 0 Å². The van der Waals surface area contributed by atoms with Crippen LogP contribution in [0.2, 0.25) is 5.02 Å². The molecule has 170 valence electrons. The molecule has 2 N–H and O–H groups in total. The van der Waals surface area contributed by atoms with E-state index in [1.807, 2.05) is 0 Å². The fourth-order valence-electron chi connectivity index (χ4n) is 4.33. The van der Waals surface area contributed by atoms with Gasteiger partial charge in [-0.15, -0.1) is 0 Å². The number of aryl methyl sites for hydroxylation is 1. The first-order chi connectivity index (χ1) is 15.7. The van der Waals surface area contributed by atoms with Crippen molar-refractivity contribution in [2.24, 2.45) is 0 Å². The molecule has 4 heterocycles. The van der Waals surface area contributed by atoms with Crippen molar-refractivity contribution in [1.29, 1.82) is 0 Å². The molecule has 3 aromatic rings. The number of benzene rings is 1. The summed E-state index contributed by atoms with van der Waals surface area (Å²) in [6.45, 7) is 3.46. The molecule has 2 aromatic heterocycles. The number of carbonyl (C=O) groups excluding carboxylic acids is 1. The zero-order valence-electron chi connectivity index (χ0n) is 18.1. The lowest BCUT2D eigenvalue weighted by atomic mass is 9.96. The number of fused-ring (bicyclic) bond motifs is 2. The van der Waals surface area contributed by atoms with Gasteiger partial charge in [0, 0.05) is 24.0 Å². The quantitative estimate of drug-likeness (QED) is 0.557. The number of hydrogen-bond donors (Lipinski definition) is 2. The minimum absolute atomic E-state index is 0.172. The Morgan fingerprint density at radius 1 is 1.27 bits per heavy atom. The first-order valence-corrected chi connectivity index (χ1v) is 11.0. The van der Waals surface area contributed by atoms with Gasteiger partial charge < -0.3 is 15.2 Å². The normalized spacial score (nSPS) is 17.7. The van der Waals surface area contributed by atoms with Crippen LogP contribution in [0.5, 0.6) is 5.75 Å². The van der Waals surface area contributed by atoms with Crippen molar-refractivity contribution >= 4 is 29.0 Å². The molecule has 0 radical (unpaired) electrons. The van der Waals surface area contributed by atoms with E-state index in [2.05, 4.69) is 15.3 Å². The lowest BCUT2D eigenvalue weighted by Crippen LogP contribution is -2.40. The second-order valence-corrected chi connectivity index (χ2v) is 9.10.